The fourth-order valence-electron chi connectivity index (χ4n) is 4.89. The summed E-state index contributed by atoms with van der Waals surface area (Å²) in [5.74, 6) is 1.25. The molecule has 0 N–H and O–H groups in total. The van der Waals surface area contributed by atoms with Crippen molar-refractivity contribution in [1.29, 1.82) is 0 Å². The summed E-state index contributed by atoms with van der Waals surface area (Å²) in [4.78, 5) is 0. The Hall–Kier alpha value is -3.30. The fourth-order valence-corrected chi connectivity index (χ4v) is 4.89. The van der Waals surface area contributed by atoms with Crippen LogP contribution in [0, 0.1) is 0 Å². The number of benzene rings is 3. The number of rotatable bonds is 7. The van der Waals surface area contributed by atoms with Gasteiger partial charge in [0.1, 0.15) is 5.75 Å². The van der Waals surface area contributed by atoms with E-state index >= 15 is 0 Å². The Morgan fingerprint density at radius 2 is 1.71 bits per heavy atom. The smallest absolute Gasteiger partial charge is 0.199 e. The van der Waals surface area contributed by atoms with Crippen LogP contribution in [0.5, 0.6) is 5.75 Å². The molecule has 1 atom stereocenters. The van der Waals surface area contributed by atoms with Crippen molar-refractivity contribution < 1.29 is 9.47 Å². The zero-order valence-electron chi connectivity index (χ0n) is 20.1. The van der Waals surface area contributed by atoms with Crippen LogP contribution in [0.1, 0.15) is 61.4 Å². The summed E-state index contributed by atoms with van der Waals surface area (Å²) in [6.07, 6.45) is 7.56. The number of ether oxygens (including phenoxy) is 2. The van der Waals surface area contributed by atoms with Gasteiger partial charge in [-0.3, -0.25) is 0 Å². The lowest BCUT2D eigenvalue weighted by Crippen LogP contribution is -2.24. The summed E-state index contributed by atoms with van der Waals surface area (Å²) in [6.45, 7) is 6.19. The lowest BCUT2D eigenvalue weighted by atomic mass is 10.0. The van der Waals surface area contributed by atoms with Crippen molar-refractivity contribution in [1.82, 2.24) is 4.57 Å². The summed E-state index contributed by atoms with van der Waals surface area (Å²) in [5.41, 5.74) is 6.34. The minimum absolute atomic E-state index is 0.148. The molecule has 0 bridgehead atoms. The molecule has 0 aliphatic carbocycles. The molecule has 1 unspecified atom stereocenters. The maximum absolute atomic E-state index is 6.25. The molecule has 0 radical (unpaired) electrons. The molecule has 4 aromatic rings. The lowest BCUT2D eigenvalue weighted by Gasteiger charge is -2.23. The van der Waals surface area contributed by atoms with Crippen molar-refractivity contribution >= 4 is 23.1 Å². The Bertz CT molecular complexity index is 1250. The van der Waals surface area contributed by atoms with Crippen LogP contribution in [0.3, 0.4) is 0 Å². The average Bonchev–Trinajstić information content (AvgIpc) is 3.17. The van der Waals surface area contributed by atoms with E-state index in [0.29, 0.717) is 5.92 Å². The Kier molecular flexibility index (Phi) is 6.82. The van der Waals surface area contributed by atoms with Crippen LogP contribution in [-0.2, 0) is 11.3 Å². The molecule has 0 saturated carbocycles. The Morgan fingerprint density at radius 1 is 0.941 bits per heavy atom. The molecule has 5 rings (SSSR count). The van der Waals surface area contributed by atoms with Gasteiger partial charge in [0, 0.05) is 35.1 Å². The number of aromatic nitrogens is 1. The van der Waals surface area contributed by atoms with Gasteiger partial charge in [0.05, 0.1) is 6.61 Å². The zero-order valence-corrected chi connectivity index (χ0v) is 20.1. The van der Waals surface area contributed by atoms with Crippen LogP contribution in [0.25, 0.3) is 23.1 Å². The second kappa shape index (κ2) is 10.3. The molecule has 3 aromatic carbocycles. The summed E-state index contributed by atoms with van der Waals surface area (Å²) < 4.78 is 14.6. The van der Waals surface area contributed by atoms with Crippen molar-refractivity contribution in [2.45, 2.75) is 51.9 Å². The molecule has 3 heteroatoms. The maximum Gasteiger partial charge on any atom is 0.199 e. The van der Waals surface area contributed by atoms with Crippen LogP contribution in [-0.4, -0.2) is 17.5 Å². The molecule has 174 valence electrons. The van der Waals surface area contributed by atoms with Crippen LogP contribution in [0.15, 0.2) is 78.9 Å². The summed E-state index contributed by atoms with van der Waals surface area (Å²) in [5, 5.41) is 1.22. The second-order valence-electron chi connectivity index (χ2n) is 9.36. The average molecular weight is 452 g/mol. The van der Waals surface area contributed by atoms with E-state index in [2.05, 4.69) is 109 Å². The molecule has 1 aliphatic rings. The molecule has 1 aliphatic heterocycles. The SMILES string of the molecule is CC(C)c1c(C=Cc2ccccc2)c2cc(OC3CCCCO3)ccc2n1Cc1ccccc1. The number of fused-ring (bicyclic) bond motifs is 1. The minimum atomic E-state index is -0.148. The zero-order chi connectivity index (χ0) is 23.3. The van der Waals surface area contributed by atoms with E-state index in [1.165, 1.54) is 33.3 Å². The van der Waals surface area contributed by atoms with E-state index in [4.69, 9.17) is 9.47 Å². The van der Waals surface area contributed by atoms with E-state index < -0.39 is 0 Å². The maximum atomic E-state index is 6.25. The largest absolute Gasteiger partial charge is 0.465 e. The third-order valence-corrected chi connectivity index (χ3v) is 6.49. The first kappa shape index (κ1) is 22.5. The van der Waals surface area contributed by atoms with Crippen LogP contribution >= 0.6 is 0 Å². The predicted molar refractivity (Wildman–Crippen MR) is 141 cm³/mol. The molecule has 2 heterocycles. The van der Waals surface area contributed by atoms with E-state index in [1.54, 1.807) is 0 Å². The van der Waals surface area contributed by atoms with Gasteiger partial charge in [0.2, 0.25) is 0 Å². The van der Waals surface area contributed by atoms with E-state index in [0.717, 1.165) is 38.2 Å². The van der Waals surface area contributed by atoms with Gasteiger partial charge in [-0.1, -0.05) is 86.7 Å². The van der Waals surface area contributed by atoms with Crippen molar-refractivity contribution in [3.05, 3.63) is 101 Å². The molecular formula is C31H33NO2. The van der Waals surface area contributed by atoms with Gasteiger partial charge in [0.15, 0.2) is 6.29 Å². The molecule has 1 saturated heterocycles. The molecule has 0 spiro atoms. The highest BCUT2D eigenvalue weighted by atomic mass is 16.7. The Balaban J connectivity index is 1.62. The molecule has 34 heavy (non-hydrogen) atoms. The van der Waals surface area contributed by atoms with E-state index in [1.807, 2.05) is 0 Å². The number of hydrogen-bond acceptors (Lipinski definition) is 2. The Morgan fingerprint density at radius 3 is 2.41 bits per heavy atom. The highest BCUT2D eigenvalue weighted by molar-refractivity contribution is 5.95. The normalized spacial score (nSPS) is 16.5. The van der Waals surface area contributed by atoms with E-state index in [-0.39, 0.29) is 6.29 Å². The monoisotopic (exact) mass is 451 g/mol. The third kappa shape index (κ3) is 4.95. The quantitative estimate of drug-likeness (QED) is 0.285. The Labute approximate surface area is 202 Å². The van der Waals surface area contributed by atoms with Crippen molar-refractivity contribution in [3.8, 4) is 5.75 Å². The van der Waals surface area contributed by atoms with Crippen LogP contribution in [0.4, 0.5) is 0 Å². The molecule has 1 fully saturated rings. The summed E-state index contributed by atoms with van der Waals surface area (Å²) in [7, 11) is 0. The molecular weight excluding hydrogens is 418 g/mol. The first-order valence-corrected chi connectivity index (χ1v) is 12.4. The summed E-state index contributed by atoms with van der Waals surface area (Å²) in [6, 6.07) is 27.7. The third-order valence-electron chi connectivity index (χ3n) is 6.49. The lowest BCUT2D eigenvalue weighted by molar-refractivity contribution is -0.105. The van der Waals surface area contributed by atoms with Gasteiger partial charge in [-0.2, -0.15) is 0 Å². The highest BCUT2D eigenvalue weighted by Gasteiger charge is 2.20. The van der Waals surface area contributed by atoms with Crippen molar-refractivity contribution in [2.75, 3.05) is 6.61 Å². The van der Waals surface area contributed by atoms with Gasteiger partial charge in [-0.15, -0.1) is 0 Å². The van der Waals surface area contributed by atoms with Gasteiger partial charge < -0.3 is 14.0 Å². The number of hydrogen-bond donors (Lipinski definition) is 0. The first-order chi connectivity index (χ1) is 16.7. The highest BCUT2D eigenvalue weighted by Crippen LogP contribution is 2.36. The van der Waals surface area contributed by atoms with Crippen molar-refractivity contribution in [2.24, 2.45) is 0 Å². The van der Waals surface area contributed by atoms with Gasteiger partial charge in [-0.25, -0.2) is 0 Å². The first-order valence-electron chi connectivity index (χ1n) is 12.4. The molecule has 3 nitrogen and oxygen atoms in total. The standard InChI is InChI=1S/C31H33NO2/c1-23(2)31-27(18-16-24-11-5-3-6-12-24)28-21-26(34-30-15-9-10-20-33-30)17-19-29(28)32(31)22-25-13-7-4-8-14-25/h3-8,11-14,16-19,21,23,30H,9-10,15,20,22H2,1-2H3. The van der Waals surface area contributed by atoms with Gasteiger partial charge in [0.25, 0.3) is 0 Å². The van der Waals surface area contributed by atoms with E-state index in [9.17, 15) is 0 Å². The van der Waals surface area contributed by atoms with Gasteiger partial charge in [-0.05, 0) is 48.1 Å². The molecule has 1 aromatic heterocycles. The van der Waals surface area contributed by atoms with Crippen molar-refractivity contribution in [3.63, 3.8) is 0 Å². The van der Waals surface area contributed by atoms with Crippen LogP contribution in [0.2, 0.25) is 0 Å². The van der Waals surface area contributed by atoms with Gasteiger partial charge >= 0.3 is 0 Å². The minimum Gasteiger partial charge on any atom is -0.465 e. The summed E-state index contributed by atoms with van der Waals surface area (Å²) >= 11 is 0. The predicted octanol–water partition coefficient (Wildman–Crippen LogP) is 7.89. The van der Waals surface area contributed by atoms with Crippen LogP contribution < -0.4 is 4.74 Å². The fraction of sp³-hybridized carbons (Fsp3) is 0.290. The molecule has 0 amide bonds. The number of nitrogens with zero attached hydrogens (tertiary/aromatic N) is 1. The topological polar surface area (TPSA) is 23.4 Å². The second-order valence-corrected chi connectivity index (χ2v) is 9.36.